The van der Waals surface area contributed by atoms with Gasteiger partial charge in [0.25, 0.3) is 21.8 Å². The molecule has 17 nitrogen and oxygen atoms in total. The number of anilines is 2. The SMILES string of the molecule is Cn1nc(-c2ccc(NS(=O)(=O)C(F)F)c(OCCc3ccc(F)cc3)c2)c2c(N)ncc(-c3cnn(C4CCN(C(=O)c5ccc(C(=O)NC6CCC(=O)NC6=O)cc5)CC4)c3)c21. The lowest BCUT2D eigenvalue weighted by Crippen LogP contribution is -2.52. The Morgan fingerprint density at radius 1 is 0.969 bits per heavy atom. The number of halogens is 3. The van der Waals surface area contributed by atoms with E-state index >= 15 is 0 Å². The zero-order chi connectivity index (χ0) is 45.3. The van der Waals surface area contributed by atoms with Crippen molar-refractivity contribution < 1.29 is 45.5 Å². The number of nitrogen functional groups attached to an aromatic ring is 1. The van der Waals surface area contributed by atoms with Crippen LogP contribution < -0.4 is 25.8 Å². The molecule has 5 N–H and O–H groups in total. The van der Waals surface area contributed by atoms with Gasteiger partial charge < -0.3 is 20.7 Å². The highest BCUT2D eigenvalue weighted by atomic mass is 32.2. The molecule has 0 radical (unpaired) electrons. The number of amides is 4. The van der Waals surface area contributed by atoms with Crippen LogP contribution in [0.3, 0.4) is 0 Å². The highest BCUT2D eigenvalue weighted by Gasteiger charge is 2.30. The Bertz CT molecular complexity index is 2880. The molecule has 3 aromatic carbocycles. The van der Waals surface area contributed by atoms with Crippen LogP contribution in [-0.4, -0.2) is 93.0 Å². The van der Waals surface area contributed by atoms with Crippen LogP contribution in [-0.2, 0) is 33.1 Å². The van der Waals surface area contributed by atoms with Gasteiger partial charge in [0, 0.05) is 73.2 Å². The molecule has 332 valence electrons. The first-order chi connectivity index (χ1) is 30.6. The normalized spacial score (nSPS) is 16.0. The van der Waals surface area contributed by atoms with Gasteiger partial charge in [-0.1, -0.05) is 18.2 Å². The molecular weight excluding hydrogens is 858 g/mol. The van der Waals surface area contributed by atoms with Gasteiger partial charge in [0.05, 0.1) is 35.4 Å². The summed E-state index contributed by atoms with van der Waals surface area (Å²) < 4.78 is 75.8. The van der Waals surface area contributed by atoms with Gasteiger partial charge in [-0.25, -0.2) is 17.8 Å². The molecule has 2 saturated heterocycles. The fourth-order valence-corrected chi connectivity index (χ4v) is 8.34. The first-order valence-electron chi connectivity index (χ1n) is 20.2. The Morgan fingerprint density at radius 2 is 1.69 bits per heavy atom. The summed E-state index contributed by atoms with van der Waals surface area (Å²) in [4.78, 5) is 55.9. The van der Waals surface area contributed by atoms with E-state index in [1.165, 1.54) is 42.5 Å². The van der Waals surface area contributed by atoms with Crippen molar-refractivity contribution in [2.45, 2.75) is 49.9 Å². The highest BCUT2D eigenvalue weighted by Crippen LogP contribution is 2.40. The number of carbonyl (C=O) groups excluding carboxylic acids is 4. The van der Waals surface area contributed by atoms with Crippen LogP contribution in [0.25, 0.3) is 33.3 Å². The molecule has 21 heteroatoms. The number of aromatic nitrogens is 5. The highest BCUT2D eigenvalue weighted by molar-refractivity contribution is 7.93. The summed E-state index contributed by atoms with van der Waals surface area (Å²) >= 11 is 0. The maximum Gasteiger partial charge on any atom is 0.355 e. The van der Waals surface area contributed by atoms with Gasteiger partial charge >= 0.3 is 5.76 Å². The van der Waals surface area contributed by atoms with Crippen molar-refractivity contribution in [1.82, 2.24) is 40.1 Å². The number of nitrogens with two attached hydrogens (primary N) is 1. The summed E-state index contributed by atoms with van der Waals surface area (Å²) in [5.74, 6) is -5.62. The molecule has 2 aliphatic heterocycles. The lowest BCUT2D eigenvalue weighted by molar-refractivity contribution is -0.134. The minimum absolute atomic E-state index is 0.000701. The third-order valence-corrected chi connectivity index (χ3v) is 12.1. The number of alkyl halides is 2. The van der Waals surface area contributed by atoms with Crippen LogP contribution >= 0.6 is 0 Å². The van der Waals surface area contributed by atoms with Crippen molar-refractivity contribution in [2.75, 3.05) is 30.2 Å². The van der Waals surface area contributed by atoms with Crippen LogP contribution in [0.2, 0.25) is 0 Å². The molecule has 0 spiro atoms. The van der Waals surface area contributed by atoms with Crippen LogP contribution in [0.1, 0.15) is 58.0 Å². The predicted octanol–water partition coefficient (Wildman–Crippen LogP) is 4.82. The minimum Gasteiger partial charge on any atom is -0.491 e. The monoisotopic (exact) mass is 898 g/mol. The zero-order valence-corrected chi connectivity index (χ0v) is 34.9. The van der Waals surface area contributed by atoms with Crippen molar-refractivity contribution in [3.8, 4) is 28.1 Å². The molecule has 2 aliphatic rings. The molecule has 0 aliphatic carbocycles. The number of rotatable bonds is 13. The lowest BCUT2D eigenvalue weighted by Gasteiger charge is -2.32. The third-order valence-electron chi connectivity index (χ3n) is 11.2. The first-order valence-corrected chi connectivity index (χ1v) is 21.7. The van der Waals surface area contributed by atoms with E-state index < -0.39 is 39.5 Å². The molecule has 0 bridgehead atoms. The number of likely N-dealkylation sites (tertiary alicyclic amines) is 1. The number of piperidine rings is 2. The van der Waals surface area contributed by atoms with Crippen molar-refractivity contribution >= 4 is 56.1 Å². The smallest absolute Gasteiger partial charge is 0.355 e. The van der Waals surface area contributed by atoms with Gasteiger partial charge in [-0.15, -0.1) is 0 Å². The molecule has 0 saturated carbocycles. The van der Waals surface area contributed by atoms with Crippen LogP contribution in [0.4, 0.5) is 24.7 Å². The first kappa shape index (κ1) is 43.4. The largest absolute Gasteiger partial charge is 0.491 e. The Kier molecular flexibility index (Phi) is 12.1. The molecule has 6 aromatic rings. The standard InChI is InChI=1S/C43H41F3N10O7S/c1-54-38-31(22-48-39(47)36(38)37(52-54)27-8-11-32(53-64(61,62)43(45)46)34(20-27)63-19-16-24-2-9-29(44)10-3-24)28-21-49-56(23-28)30-14-17-55(18-15-30)42(60)26-6-4-25(5-7-26)40(58)50-33-12-13-35(57)51-41(33)59/h2-11,20-23,30,33,43,53H,12-19H2,1H3,(H2,47,48)(H,50,58)(H,51,57,59). The Hall–Kier alpha value is -7.29. The number of ether oxygens (including phenoxy) is 1. The van der Waals surface area contributed by atoms with Crippen molar-refractivity contribution in [2.24, 2.45) is 7.05 Å². The number of fused-ring (bicyclic) bond motifs is 1. The number of benzene rings is 3. The summed E-state index contributed by atoms with van der Waals surface area (Å²) in [7, 11) is -3.32. The number of carbonyl (C=O) groups is 4. The summed E-state index contributed by atoms with van der Waals surface area (Å²) in [6.45, 7) is 0.908. The van der Waals surface area contributed by atoms with Crippen molar-refractivity contribution in [3.63, 3.8) is 0 Å². The number of aryl methyl sites for hydroxylation is 1. The maximum atomic E-state index is 13.4. The van der Waals surface area contributed by atoms with Gasteiger partial charge in [0.2, 0.25) is 11.8 Å². The van der Waals surface area contributed by atoms with Crippen molar-refractivity contribution in [1.29, 1.82) is 0 Å². The fraction of sp³-hybridized carbons (Fsp3) is 0.279. The van der Waals surface area contributed by atoms with Crippen LogP contribution in [0.5, 0.6) is 5.75 Å². The molecule has 1 unspecified atom stereocenters. The molecule has 3 aromatic heterocycles. The van der Waals surface area contributed by atoms with Crippen LogP contribution in [0.15, 0.2) is 85.3 Å². The van der Waals surface area contributed by atoms with E-state index in [1.54, 1.807) is 53.3 Å². The molecule has 1 atom stereocenters. The summed E-state index contributed by atoms with van der Waals surface area (Å²) in [6, 6.07) is 15.3. The number of nitrogens with one attached hydrogen (secondary N) is 3. The van der Waals surface area contributed by atoms with Gasteiger partial charge in [-0.05, 0) is 73.4 Å². The van der Waals surface area contributed by atoms with Crippen LogP contribution in [0, 0.1) is 5.82 Å². The van der Waals surface area contributed by atoms with Gasteiger partial charge in [-0.2, -0.15) is 19.0 Å². The summed E-state index contributed by atoms with van der Waals surface area (Å²) in [5, 5.41) is 14.7. The van der Waals surface area contributed by atoms with E-state index in [-0.39, 0.29) is 60.1 Å². The van der Waals surface area contributed by atoms with Gasteiger partial charge in [0.15, 0.2) is 0 Å². The number of nitrogens with zero attached hydrogens (tertiary/aromatic N) is 6. The van der Waals surface area contributed by atoms with Crippen molar-refractivity contribution in [3.05, 3.63) is 108 Å². The minimum atomic E-state index is -5.05. The van der Waals surface area contributed by atoms with E-state index in [4.69, 9.17) is 15.6 Å². The molecule has 8 rings (SSSR count). The number of hydrogen-bond acceptors (Lipinski definition) is 11. The molecule has 4 amide bonds. The number of hydrogen-bond donors (Lipinski definition) is 4. The average Bonchev–Trinajstić information content (AvgIpc) is 3.92. The lowest BCUT2D eigenvalue weighted by atomic mass is 10.0. The maximum absolute atomic E-state index is 13.4. The fourth-order valence-electron chi connectivity index (χ4n) is 7.78. The zero-order valence-electron chi connectivity index (χ0n) is 34.1. The second-order valence-electron chi connectivity index (χ2n) is 15.4. The topological polar surface area (TPSA) is 226 Å². The molecule has 64 heavy (non-hydrogen) atoms. The predicted molar refractivity (Wildman–Crippen MR) is 228 cm³/mol. The number of pyridine rings is 1. The summed E-state index contributed by atoms with van der Waals surface area (Å²) in [6.07, 6.45) is 7.07. The Balaban J connectivity index is 0.964. The van der Waals surface area contributed by atoms with E-state index in [0.717, 1.165) is 5.56 Å². The molecule has 2 fully saturated rings. The number of imide groups is 1. The quantitative estimate of drug-likeness (QED) is 0.115. The van der Waals surface area contributed by atoms with E-state index in [1.807, 2.05) is 15.6 Å². The van der Waals surface area contributed by atoms with E-state index in [9.17, 15) is 40.8 Å². The second-order valence-corrected chi connectivity index (χ2v) is 17.0. The van der Waals surface area contributed by atoms with E-state index in [0.29, 0.717) is 71.2 Å². The van der Waals surface area contributed by atoms with Gasteiger partial charge in [-0.3, -0.25) is 38.6 Å². The molecular formula is C43H41F3N10O7S. The second kappa shape index (κ2) is 17.8. The third kappa shape index (κ3) is 9.10. The Morgan fingerprint density at radius 3 is 2.39 bits per heavy atom. The summed E-state index contributed by atoms with van der Waals surface area (Å²) in [5.41, 5.74) is 10.5. The molecule has 5 heterocycles. The average molecular weight is 899 g/mol. The Labute approximate surface area is 363 Å². The number of sulfonamides is 1. The van der Waals surface area contributed by atoms with E-state index in [2.05, 4.69) is 20.7 Å². The van der Waals surface area contributed by atoms with Gasteiger partial charge in [0.1, 0.15) is 29.1 Å².